The van der Waals surface area contributed by atoms with Crippen molar-refractivity contribution in [3.8, 4) is 11.8 Å². The van der Waals surface area contributed by atoms with E-state index in [1.807, 2.05) is 37.3 Å². The van der Waals surface area contributed by atoms with Crippen LogP contribution in [0.2, 0.25) is 0 Å². The van der Waals surface area contributed by atoms with Gasteiger partial charge in [-0.2, -0.15) is 5.26 Å². The van der Waals surface area contributed by atoms with Crippen LogP contribution in [0.4, 0.5) is 0 Å². The van der Waals surface area contributed by atoms with Crippen LogP contribution < -0.4 is 10.5 Å². The minimum atomic E-state index is 0.0324. The van der Waals surface area contributed by atoms with Crippen molar-refractivity contribution >= 4 is 0 Å². The van der Waals surface area contributed by atoms with Gasteiger partial charge >= 0.3 is 0 Å². The molecule has 0 saturated heterocycles. The summed E-state index contributed by atoms with van der Waals surface area (Å²) in [4.78, 5) is 0. The highest BCUT2D eigenvalue weighted by Crippen LogP contribution is 2.15. The summed E-state index contributed by atoms with van der Waals surface area (Å²) in [5.41, 5.74) is 6.73. The lowest BCUT2D eigenvalue weighted by Gasteiger charge is -2.06. The van der Waals surface area contributed by atoms with Gasteiger partial charge in [0.1, 0.15) is 11.8 Å². The largest absolute Gasteiger partial charge is 0.479 e. The molecule has 0 aliphatic carbocycles. The maximum Gasteiger partial charge on any atom is 0.174 e. The number of rotatable bonds is 3. The van der Waals surface area contributed by atoms with Gasteiger partial charge < -0.3 is 10.5 Å². The summed E-state index contributed by atoms with van der Waals surface area (Å²) in [6, 6.07) is 9.37. The molecule has 13 heavy (non-hydrogen) atoms. The smallest absolute Gasteiger partial charge is 0.174 e. The average Bonchev–Trinajstić information content (AvgIpc) is 2.15. The van der Waals surface area contributed by atoms with Crippen LogP contribution in [0.25, 0.3) is 0 Å². The van der Waals surface area contributed by atoms with Crippen LogP contribution in [0.15, 0.2) is 24.3 Å². The van der Waals surface area contributed by atoms with Crippen LogP contribution in [0.3, 0.4) is 0 Å². The second kappa shape index (κ2) is 4.48. The minimum absolute atomic E-state index is 0.0324. The lowest BCUT2D eigenvalue weighted by molar-refractivity contribution is 0.368. The molecule has 2 N–H and O–H groups in total. The maximum absolute atomic E-state index is 8.28. The fraction of sp³-hybridized carbons (Fsp3) is 0.300. The quantitative estimate of drug-likeness (QED) is 0.761. The fourth-order valence-corrected chi connectivity index (χ4v) is 0.983. The van der Waals surface area contributed by atoms with E-state index in [0.29, 0.717) is 5.75 Å². The first-order valence-electron chi connectivity index (χ1n) is 4.09. The van der Waals surface area contributed by atoms with Crippen LogP contribution in [-0.2, 0) is 0 Å². The molecular formula is C10H12N2O. The van der Waals surface area contributed by atoms with E-state index in [0.717, 1.165) is 5.56 Å². The van der Waals surface area contributed by atoms with Gasteiger partial charge in [-0.05, 0) is 24.6 Å². The molecule has 1 rings (SSSR count). The van der Waals surface area contributed by atoms with E-state index >= 15 is 0 Å². The molecule has 1 aromatic rings. The van der Waals surface area contributed by atoms with E-state index in [1.165, 1.54) is 0 Å². The third-order valence-electron chi connectivity index (χ3n) is 1.71. The van der Waals surface area contributed by atoms with Gasteiger partial charge in [0.2, 0.25) is 0 Å². The van der Waals surface area contributed by atoms with Gasteiger partial charge in [0.15, 0.2) is 6.61 Å². The molecule has 0 spiro atoms. The third-order valence-corrected chi connectivity index (χ3v) is 1.71. The molecule has 0 bridgehead atoms. The first kappa shape index (κ1) is 9.56. The lowest BCUT2D eigenvalue weighted by Crippen LogP contribution is -2.04. The standard InChI is InChI=1S/C10H12N2O/c1-8(12)9-2-4-10(5-3-9)13-7-6-11/h2-5,8H,7,12H2,1H3/t8-/m1/s1. The van der Waals surface area contributed by atoms with Gasteiger partial charge in [-0.15, -0.1) is 0 Å². The molecule has 0 heterocycles. The second-order valence-electron chi connectivity index (χ2n) is 2.80. The molecule has 0 aromatic heterocycles. The summed E-state index contributed by atoms with van der Waals surface area (Å²) in [5.74, 6) is 0.700. The van der Waals surface area contributed by atoms with E-state index in [2.05, 4.69) is 0 Å². The number of nitrogens with zero attached hydrogens (tertiary/aromatic N) is 1. The van der Waals surface area contributed by atoms with E-state index < -0.39 is 0 Å². The molecule has 0 fully saturated rings. The number of nitriles is 1. The molecule has 0 saturated carbocycles. The maximum atomic E-state index is 8.28. The molecule has 0 amide bonds. The molecule has 0 aliphatic heterocycles. The average molecular weight is 176 g/mol. The Hall–Kier alpha value is -1.53. The van der Waals surface area contributed by atoms with Crippen LogP contribution >= 0.6 is 0 Å². The summed E-state index contributed by atoms with van der Waals surface area (Å²) >= 11 is 0. The Balaban J connectivity index is 2.65. The SMILES string of the molecule is C[C@@H](N)c1ccc(OCC#N)cc1. The van der Waals surface area contributed by atoms with Gasteiger partial charge in [0.05, 0.1) is 0 Å². The summed E-state index contributed by atoms with van der Waals surface area (Å²) in [7, 11) is 0. The lowest BCUT2D eigenvalue weighted by atomic mass is 10.1. The van der Waals surface area contributed by atoms with Crippen molar-refractivity contribution in [2.24, 2.45) is 5.73 Å². The number of hydrogen-bond donors (Lipinski definition) is 1. The summed E-state index contributed by atoms with van der Waals surface area (Å²) in [6.07, 6.45) is 0. The Morgan fingerprint density at radius 3 is 2.54 bits per heavy atom. The van der Waals surface area contributed by atoms with Crippen LogP contribution in [0.1, 0.15) is 18.5 Å². The molecule has 1 atom stereocenters. The van der Waals surface area contributed by atoms with Gasteiger partial charge in [-0.1, -0.05) is 12.1 Å². The van der Waals surface area contributed by atoms with Crippen molar-refractivity contribution in [3.63, 3.8) is 0 Å². The summed E-state index contributed by atoms with van der Waals surface area (Å²) < 4.78 is 5.09. The molecule has 0 aliphatic rings. The van der Waals surface area contributed by atoms with Gasteiger partial charge in [-0.25, -0.2) is 0 Å². The minimum Gasteiger partial charge on any atom is -0.479 e. The number of benzene rings is 1. The summed E-state index contributed by atoms with van der Waals surface area (Å²) in [5, 5.41) is 8.28. The van der Waals surface area contributed by atoms with Crippen LogP contribution in [0, 0.1) is 11.3 Å². The molecule has 68 valence electrons. The second-order valence-corrected chi connectivity index (χ2v) is 2.80. The fourth-order valence-electron chi connectivity index (χ4n) is 0.983. The molecule has 3 nitrogen and oxygen atoms in total. The van der Waals surface area contributed by atoms with Crippen molar-refractivity contribution in [1.29, 1.82) is 5.26 Å². The van der Waals surface area contributed by atoms with Crippen molar-refractivity contribution in [2.45, 2.75) is 13.0 Å². The zero-order valence-corrected chi connectivity index (χ0v) is 7.53. The Morgan fingerprint density at radius 1 is 1.46 bits per heavy atom. The first-order chi connectivity index (χ1) is 6.24. The monoisotopic (exact) mass is 176 g/mol. The van der Waals surface area contributed by atoms with Gasteiger partial charge in [0, 0.05) is 6.04 Å². The van der Waals surface area contributed by atoms with E-state index in [1.54, 1.807) is 0 Å². The van der Waals surface area contributed by atoms with Gasteiger partial charge in [-0.3, -0.25) is 0 Å². The molecule has 0 unspecified atom stereocenters. The number of hydrogen-bond acceptors (Lipinski definition) is 3. The predicted molar refractivity (Wildman–Crippen MR) is 50.2 cm³/mol. The zero-order chi connectivity index (χ0) is 9.68. The topological polar surface area (TPSA) is 59.0 Å². The highest BCUT2D eigenvalue weighted by atomic mass is 16.5. The zero-order valence-electron chi connectivity index (χ0n) is 7.53. The highest BCUT2D eigenvalue weighted by molar-refractivity contribution is 5.28. The van der Waals surface area contributed by atoms with E-state index in [9.17, 15) is 0 Å². The Kier molecular flexibility index (Phi) is 3.30. The highest BCUT2D eigenvalue weighted by Gasteiger charge is 1.98. The van der Waals surface area contributed by atoms with Crippen LogP contribution in [0.5, 0.6) is 5.75 Å². The van der Waals surface area contributed by atoms with Gasteiger partial charge in [0.25, 0.3) is 0 Å². The van der Waals surface area contributed by atoms with E-state index in [4.69, 9.17) is 15.7 Å². The predicted octanol–water partition coefficient (Wildman–Crippen LogP) is 1.61. The number of nitrogens with two attached hydrogens (primary N) is 1. The normalized spacial score (nSPS) is 11.8. The first-order valence-corrected chi connectivity index (χ1v) is 4.09. The van der Waals surface area contributed by atoms with Crippen molar-refractivity contribution < 1.29 is 4.74 Å². The van der Waals surface area contributed by atoms with E-state index in [-0.39, 0.29) is 12.6 Å². The number of ether oxygens (including phenoxy) is 1. The molecule has 1 aromatic carbocycles. The third kappa shape index (κ3) is 2.77. The van der Waals surface area contributed by atoms with Crippen molar-refractivity contribution in [1.82, 2.24) is 0 Å². The van der Waals surface area contributed by atoms with Crippen molar-refractivity contribution in [3.05, 3.63) is 29.8 Å². The molecule has 3 heteroatoms. The Labute approximate surface area is 77.7 Å². The Morgan fingerprint density at radius 2 is 2.08 bits per heavy atom. The van der Waals surface area contributed by atoms with Crippen LogP contribution in [-0.4, -0.2) is 6.61 Å². The molecular weight excluding hydrogens is 164 g/mol. The summed E-state index contributed by atoms with van der Waals surface area (Å²) in [6.45, 7) is 2.00. The Bertz CT molecular complexity index is 298. The van der Waals surface area contributed by atoms with Crippen molar-refractivity contribution in [2.75, 3.05) is 6.61 Å². The molecule has 0 radical (unpaired) electrons.